The zero-order chi connectivity index (χ0) is 15.8. The van der Waals surface area contributed by atoms with Gasteiger partial charge < -0.3 is 9.84 Å². The maximum absolute atomic E-state index is 11.2. The van der Waals surface area contributed by atoms with E-state index < -0.39 is 5.97 Å². The second-order valence-corrected chi connectivity index (χ2v) is 5.53. The first-order chi connectivity index (χ1) is 9.97. The Kier molecular flexibility index (Phi) is 6.64. The third-order valence-electron chi connectivity index (χ3n) is 2.65. The third kappa shape index (κ3) is 5.41. The quantitative estimate of drug-likeness (QED) is 0.790. The average molecular weight is 302 g/mol. The topological polar surface area (TPSA) is 46.5 Å². The molecule has 0 aliphatic rings. The number of benzene rings is 1. The molecule has 1 rings (SSSR count). The van der Waals surface area contributed by atoms with Crippen LogP contribution in [0.25, 0.3) is 4.91 Å². The molecule has 0 unspecified atom stereocenters. The van der Waals surface area contributed by atoms with Gasteiger partial charge in [0.2, 0.25) is 0 Å². The fourth-order valence-corrected chi connectivity index (χ4v) is 2.21. The highest BCUT2D eigenvalue weighted by Gasteiger charge is 2.10. The average Bonchev–Trinajstić information content (AvgIpc) is 2.46. The molecule has 0 radical (unpaired) electrons. The summed E-state index contributed by atoms with van der Waals surface area (Å²) in [6, 6.07) is 4.87. The van der Waals surface area contributed by atoms with Gasteiger partial charge in [0.25, 0.3) is 0 Å². The van der Waals surface area contributed by atoms with Gasteiger partial charge in [0.1, 0.15) is 12.4 Å². The molecule has 0 heterocycles. The van der Waals surface area contributed by atoms with Crippen molar-refractivity contribution >= 4 is 22.6 Å². The molecule has 4 heteroatoms. The Morgan fingerprint density at radius 2 is 2.10 bits per heavy atom. The molecule has 0 saturated heterocycles. The van der Waals surface area contributed by atoms with Gasteiger partial charge in [-0.2, -0.15) is 0 Å². The Bertz CT molecular complexity index is 633. The van der Waals surface area contributed by atoms with Crippen LogP contribution in [0.5, 0.6) is 5.75 Å². The molecule has 0 fully saturated rings. The highest BCUT2D eigenvalue weighted by molar-refractivity contribution is 8.11. The van der Waals surface area contributed by atoms with Gasteiger partial charge in [-0.25, -0.2) is 4.79 Å². The number of rotatable bonds is 6. The summed E-state index contributed by atoms with van der Waals surface area (Å²) in [4.78, 5) is 13.1. The predicted octanol–water partition coefficient (Wildman–Crippen LogP) is 4.41. The van der Waals surface area contributed by atoms with Crippen LogP contribution in [0.1, 0.15) is 36.7 Å². The van der Waals surface area contributed by atoms with Crippen LogP contribution in [0.2, 0.25) is 0 Å². The van der Waals surface area contributed by atoms with E-state index in [-0.39, 0.29) is 12.2 Å². The van der Waals surface area contributed by atoms with Gasteiger partial charge in [-0.1, -0.05) is 30.3 Å². The van der Waals surface area contributed by atoms with Crippen molar-refractivity contribution < 1.29 is 14.6 Å². The van der Waals surface area contributed by atoms with E-state index in [1.807, 2.05) is 19.9 Å². The van der Waals surface area contributed by atoms with E-state index in [1.165, 1.54) is 17.8 Å². The van der Waals surface area contributed by atoms with E-state index in [9.17, 15) is 9.90 Å². The summed E-state index contributed by atoms with van der Waals surface area (Å²) in [5.74, 6) is 4.99. The van der Waals surface area contributed by atoms with E-state index in [2.05, 4.69) is 18.4 Å². The van der Waals surface area contributed by atoms with Crippen LogP contribution in [-0.2, 0) is 0 Å². The molecule has 21 heavy (non-hydrogen) atoms. The predicted molar refractivity (Wildman–Crippen MR) is 88.4 cm³/mol. The number of hydrogen-bond acceptors (Lipinski definition) is 3. The molecule has 1 aromatic carbocycles. The fourth-order valence-electron chi connectivity index (χ4n) is 1.47. The van der Waals surface area contributed by atoms with Crippen molar-refractivity contribution in [2.75, 3.05) is 6.61 Å². The van der Waals surface area contributed by atoms with Crippen LogP contribution in [-0.4, -0.2) is 17.7 Å². The summed E-state index contributed by atoms with van der Waals surface area (Å²) in [5.41, 5.74) is 0.910. The number of allylic oxidation sites excluding steroid dienone is 2. The summed E-state index contributed by atoms with van der Waals surface area (Å²) in [7, 11) is 0. The normalized spacial score (nSPS) is 10.5. The molecule has 0 aliphatic heterocycles. The molecule has 3 nitrogen and oxygen atoms in total. The zero-order valence-corrected chi connectivity index (χ0v) is 13.2. The van der Waals surface area contributed by atoms with Crippen LogP contribution in [0, 0.1) is 11.8 Å². The molecule has 0 bridgehead atoms. The molecule has 0 spiro atoms. The molecule has 0 amide bonds. The van der Waals surface area contributed by atoms with Crippen molar-refractivity contribution in [1.29, 1.82) is 0 Å². The summed E-state index contributed by atoms with van der Waals surface area (Å²) in [6.07, 6.45) is 1.98. The minimum atomic E-state index is -0.996. The van der Waals surface area contributed by atoms with Crippen molar-refractivity contribution in [1.82, 2.24) is 0 Å². The van der Waals surface area contributed by atoms with Gasteiger partial charge in [0, 0.05) is 4.91 Å². The number of thioether (sulfide) groups is 1. The fraction of sp³-hybridized carbons (Fsp3) is 0.235. The summed E-state index contributed by atoms with van der Waals surface area (Å²) >= 11 is 1.50. The Morgan fingerprint density at radius 1 is 1.43 bits per heavy atom. The minimum absolute atomic E-state index is 0.173. The number of ether oxygens (including phenoxy) is 1. The van der Waals surface area contributed by atoms with Crippen LogP contribution in [0.4, 0.5) is 0 Å². The Hall–Kier alpha value is -2.12. The highest BCUT2D eigenvalue weighted by atomic mass is 32.2. The molecule has 110 valence electrons. The molecule has 1 N–H and O–H groups in total. The van der Waals surface area contributed by atoms with Gasteiger partial charge in [0.05, 0.1) is 5.56 Å². The first kappa shape index (κ1) is 16.9. The lowest BCUT2D eigenvalue weighted by Crippen LogP contribution is -2.01. The lowest BCUT2D eigenvalue weighted by Gasteiger charge is -2.10. The first-order valence-corrected chi connectivity index (χ1v) is 7.20. The lowest BCUT2D eigenvalue weighted by atomic mass is 10.1. The Labute approximate surface area is 129 Å². The molecule has 0 aromatic heterocycles. The first-order valence-electron chi connectivity index (χ1n) is 6.38. The van der Waals surface area contributed by atoms with Crippen molar-refractivity contribution in [3.63, 3.8) is 0 Å². The van der Waals surface area contributed by atoms with Crippen molar-refractivity contribution in [3.8, 4) is 17.6 Å². The standard InChI is InChI=1S/C17H18O3S/c1-5-7-8-20-16-10-14(9-15(11-16)17(18)19)13(4)21-12(3)6-2/h6,9-11H,4,8H2,1-3H3,(H,18,19)/b12-6-. The van der Waals surface area contributed by atoms with Crippen molar-refractivity contribution in [2.45, 2.75) is 20.8 Å². The van der Waals surface area contributed by atoms with Gasteiger partial charge in [-0.15, -0.1) is 5.92 Å². The zero-order valence-electron chi connectivity index (χ0n) is 12.4. The number of carboxylic acid groups (broad SMARTS) is 1. The van der Waals surface area contributed by atoms with E-state index >= 15 is 0 Å². The second kappa shape index (κ2) is 8.23. The number of carboxylic acids is 1. The second-order valence-electron chi connectivity index (χ2n) is 4.19. The molecule has 0 saturated carbocycles. The summed E-state index contributed by atoms with van der Waals surface area (Å²) < 4.78 is 5.46. The number of carbonyl (C=O) groups is 1. The number of aromatic carboxylic acids is 1. The summed E-state index contributed by atoms with van der Waals surface area (Å²) in [6.45, 7) is 9.87. The monoisotopic (exact) mass is 302 g/mol. The van der Waals surface area contributed by atoms with E-state index in [0.29, 0.717) is 5.75 Å². The Morgan fingerprint density at radius 3 is 2.67 bits per heavy atom. The SMILES string of the molecule is C=C(S/C(C)=C\C)c1cc(OCC#CC)cc(C(=O)O)c1. The van der Waals surface area contributed by atoms with Gasteiger partial charge in [0.15, 0.2) is 0 Å². The van der Waals surface area contributed by atoms with Crippen LogP contribution in [0.15, 0.2) is 35.8 Å². The lowest BCUT2D eigenvalue weighted by molar-refractivity contribution is 0.0696. The van der Waals surface area contributed by atoms with E-state index in [4.69, 9.17) is 4.74 Å². The van der Waals surface area contributed by atoms with Crippen molar-refractivity contribution in [3.05, 3.63) is 46.9 Å². The molecular formula is C17H18O3S. The molecular weight excluding hydrogens is 284 g/mol. The van der Waals surface area contributed by atoms with Crippen LogP contribution in [0.3, 0.4) is 0 Å². The van der Waals surface area contributed by atoms with Gasteiger partial charge in [-0.05, 0) is 49.4 Å². The number of hydrogen-bond donors (Lipinski definition) is 1. The summed E-state index contributed by atoms with van der Waals surface area (Å²) in [5, 5.41) is 9.18. The van der Waals surface area contributed by atoms with Gasteiger partial charge in [-0.3, -0.25) is 0 Å². The minimum Gasteiger partial charge on any atom is -0.481 e. The smallest absolute Gasteiger partial charge is 0.335 e. The van der Waals surface area contributed by atoms with Gasteiger partial charge >= 0.3 is 5.97 Å². The maximum Gasteiger partial charge on any atom is 0.335 e. The Balaban J connectivity index is 3.08. The van der Waals surface area contributed by atoms with E-state index in [0.717, 1.165) is 15.4 Å². The van der Waals surface area contributed by atoms with E-state index in [1.54, 1.807) is 19.1 Å². The molecule has 0 aliphatic carbocycles. The highest BCUT2D eigenvalue weighted by Crippen LogP contribution is 2.34. The maximum atomic E-state index is 11.2. The molecule has 1 aromatic rings. The largest absolute Gasteiger partial charge is 0.481 e. The molecule has 0 atom stereocenters. The third-order valence-corrected chi connectivity index (χ3v) is 3.69. The van der Waals surface area contributed by atoms with Crippen molar-refractivity contribution in [2.24, 2.45) is 0 Å². The van der Waals surface area contributed by atoms with Crippen LogP contribution < -0.4 is 4.74 Å². The van der Waals surface area contributed by atoms with Crippen LogP contribution >= 0.6 is 11.8 Å².